The molecule has 0 aliphatic heterocycles. The van der Waals surface area contributed by atoms with Crippen LogP contribution in [0.3, 0.4) is 0 Å². The predicted molar refractivity (Wildman–Crippen MR) is 120 cm³/mol. The highest BCUT2D eigenvalue weighted by molar-refractivity contribution is 7.92. The molecule has 0 fully saturated rings. The van der Waals surface area contributed by atoms with Gasteiger partial charge in [-0.2, -0.15) is 0 Å². The van der Waals surface area contributed by atoms with Gasteiger partial charge in [0.2, 0.25) is 0 Å². The van der Waals surface area contributed by atoms with Crippen molar-refractivity contribution in [3.8, 4) is 0 Å². The van der Waals surface area contributed by atoms with Gasteiger partial charge in [-0.1, -0.05) is 66.7 Å². The third kappa shape index (κ3) is 5.00. The fourth-order valence-electron chi connectivity index (χ4n) is 2.95. The highest BCUT2D eigenvalue weighted by Gasteiger charge is 2.24. The van der Waals surface area contributed by atoms with Crippen molar-refractivity contribution in [2.24, 2.45) is 4.99 Å². The topological polar surface area (TPSA) is 49.7 Å². The Morgan fingerprint density at radius 1 is 0.966 bits per heavy atom. The van der Waals surface area contributed by atoms with Crippen LogP contribution in [0.15, 0.2) is 107 Å². The van der Waals surface area contributed by atoms with E-state index < -0.39 is 10.0 Å². The molecular formula is C24H24N2O2S. The molecule has 0 saturated heterocycles. The largest absolute Gasteiger partial charge is 0.285 e. The Bertz CT molecular complexity index is 1090. The SMILES string of the molecule is C=CCN(c1cccc(C(C)=NCc2ccccc2)c1)S(=O)(=O)c1ccccc1. The van der Waals surface area contributed by atoms with E-state index in [1.54, 1.807) is 42.5 Å². The molecule has 0 N–H and O–H groups in total. The molecule has 0 heterocycles. The number of rotatable bonds is 8. The molecular weight excluding hydrogens is 380 g/mol. The molecule has 0 aliphatic rings. The lowest BCUT2D eigenvalue weighted by Crippen LogP contribution is -2.31. The van der Waals surface area contributed by atoms with Crippen LogP contribution in [0.4, 0.5) is 5.69 Å². The molecule has 0 radical (unpaired) electrons. The highest BCUT2D eigenvalue weighted by Crippen LogP contribution is 2.25. The summed E-state index contributed by atoms with van der Waals surface area (Å²) in [7, 11) is -3.69. The van der Waals surface area contributed by atoms with E-state index in [0.29, 0.717) is 12.2 Å². The van der Waals surface area contributed by atoms with Gasteiger partial charge < -0.3 is 0 Å². The zero-order chi connectivity index (χ0) is 20.7. The maximum absolute atomic E-state index is 13.2. The van der Waals surface area contributed by atoms with Crippen LogP contribution < -0.4 is 4.31 Å². The van der Waals surface area contributed by atoms with Crippen molar-refractivity contribution in [1.29, 1.82) is 0 Å². The summed E-state index contributed by atoms with van der Waals surface area (Å²) in [5, 5.41) is 0. The molecule has 0 aliphatic carbocycles. The first-order valence-corrected chi connectivity index (χ1v) is 10.8. The minimum absolute atomic E-state index is 0.181. The molecule has 148 valence electrons. The highest BCUT2D eigenvalue weighted by atomic mass is 32.2. The Morgan fingerprint density at radius 2 is 1.62 bits per heavy atom. The second-order valence-corrected chi connectivity index (χ2v) is 8.44. The van der Waals surface area contributed by atoms with E-state index in [0.717, 1.165) is 16.8 Å². The molecule has 0 unspecified atom stereocenters. The van der Waals surface area contributed by atoms with Gasteiger partial charge in [0.1, 0.15) is 0 Å². The van der Waals surface area contributed by atoms with E-state index in [1.807, 2.05) is 55.5 Å². The molecule has 3 rings (SSSR count). The molecule has 0 bridgehead atoms. The summed E-state index contributed by atoms with van der Waals surface area (Å²) in [4.78, 5) is 4.91. The van der Waals surface area contributed by atoms with E-state index in [4.69, 9.17) is 0 Å². The Balaban J connectivity index is 1.92. The lowest BCUT2D eigenvalue weighted by Gasteiger charge is -2.23. The fourth-order valence-corrected chi connectivity index (χ4v) is 4.40. The van der Waals surface area contributed by atoms with Crippen LogP contribution >= 0.6 is 0 Å². The number of nitrogens with zero attached hydrogens (tertiary/aromatic N) is 2. The first-order chi connectivity index (χ1) is 14.0. The Hall–Kier alpha value is -3.18. The van der Waals surface area contributed by atoms with Gasteiger partial charge in [0.15, 0.2) is 0 Å². The van der Waals surface area contributed by atoms with Crippen LogP contribution in [0.25, 0.3) is 0 Å². The number of anilines is 1. The zero-order valence-corrected chi connectivity index (χ0v) is 17.2. The van der Waals surface area contributed by atoms with Crippen molar-refractivity contribution >= 4 is 21.4 Å². The van der Waals surface area contributed by atoms with E-state index in [-0.39, 0.29) is 11.4 Å². The van der Waals surface area contributed by atoms with Gasteiger partial charge in [0, 0.05) is 5.71 Å². The second-order valence-electron chi connectivity index (χ2n) is 6.58. The predicted octanol–water partition coefficient (Wildman–Crippen LogP) is 5.08. The maximum atomic E-state index is 13.2. The normalized spacial score (nSPS) is 11.8. The molecule has 3 aromatic rings. The molecule has 0 saturated carbocycles. The summed E-state index contributed by atoms with van der Waals surface area (Å²) in [6.45, 7) is 6.42. The van der Waals surface area contributed by atoms with Crippen molar-refractivity contribution < 1.29 is 8.42 Å². The minimum Gasteiger partial charge on any atom is -0.285 e. The lowest BCUT2D eigenvalue weighted by atomic mass is 10.1. The number of hydrogen-bond donors (Lipinski definition) is 0. The standard InChI is InChI=1S/C24H24N2O2S/c1-3-17-26(29(27,28)24-15-8-5-9-16-24)23-14-10-13-22(18-23)20(2)25-19-21-11-6-4-7-12-21/h3-16,18H,1,17,19H2,2H3. The molecule has 0 atom stereocenters. The average molecular weight is 405 g/mol. The van der Waals surface area contributed by atoms with Gasteiger partial charge in [-0.3, -0.25) is 9.30 Å². The van der Waals surface area contributed by atoms with E-state index in [9.17, 15) is 8.42 Å². The van der Waals surface area contributed by atoms with Gasteiger partial charge in [0.05, 0.1) is 23.7 Å². The van der Waals surface area contributed by atoms with Gasteiger partial charge in [-0.15, -0.1) is 6.58 Å². The third-order valence-corrected chi connectivity index (χ3v) is 6.33. The van der Waals surface area contributed by atoms with Crippen molar-refractivity contribution in [3.63, 3.8) is 0 Å². The first-order valence-electron chi connectivity index (χ1n) is 9.36. The minimum atomic E-state index is -3.69. The smallest absolute Gasteiger partial charge is 0.264 e. The zero-order valence-electron chi connectivity index (χ0n) is 16.4. The number of hydrogen-bond acceptors (Lipinski definition) is 3. The van der Waals surface area contributed by atoms with Crippen molar-refractivity contribution in [1.82, 2.24) is 0 Å². The first kappa shape index (κ1) is 20.6. The van der Waals surface area contributed by atoms with Crippen LogP contribution in [0.5, 0.6) is 0 Å². The van der Waals surface area contributed by atoms with Crippen LogP contribution in [0, 0.1) is 0 Å². The Labute approximate surface area is 172 Å². The summed E-state index contributed by atoms with van der Waals surface area (Å²) >= 11 is 0. The van der Waals surface area contributed by atoms with Gasteiger partial charge in [0.25, 0.3) is 10.0 Å². The van der Waals surface area contributed by atoms with Crippen molar-refractivity contribution in [3.05, 3.63) is 109 Å². The van der Waals surface area contributed by atoms with Crippen LogP contribution in [-0.4, -0.2) is 20.7 Å². The Morgan fingerprint density at radius 3 is 2.28 bits per heavy atom. The van der Waals surface area contributed by atoms with Crippen LogP contribution in [-0.2, 0) is 16.6 Å². The molecule has 0 amide bonds. The summed E-state index contributed by atoms with van der Waals surface area (Å²) in [6, 6.07) is 25.9. The van der Waals surface area contributed by atoms with Gasteiger partial charge >= 0.3 is 0 Å². The van der Waals surface area contributed by atoms with Gasteiger partial charge in [-0.05, 0) is 42.3 Å². The average Bonchev–Trinajstić information content (AvgIpc) is 2.77. The fraction of sp³-hybridized carbons (Fsp3) is 0.125. The van der Waals surface area contributed by atoms with E-state index in [2.05, 4.69) is 11.6 Å². The quantitative estimate of drug-likeness (QED) is 0.388. The van der Waals surface area contributed by atoms with Crippen LogP contribution in [0.2, 0.25) is 0 Å². The molecule has 3 aromatic carbocycles. The number of aliphatic imine (C=N–C) groups is 1. The molecule has 29 heavy (non-hydrogen) atoms. The molecule has 5 heteroatoms. The summed E-state index contributed by atoms with van der Waals surface area (Å²) in [6.07, 6.45) is 1.59. The molecule has 0 spiro atoms. The van der Waals surface area contributed by atoms with Crippen molar-refractivity contribution in [2.45, 2.75) is 18.4 Å². The lowest BCUT2D eigenvalue weighted by molar-refractivity contribution is 0.593. The van der Waals surface area contributed by atoms with Gasteiger partial charge in [-0.25, -0.2) is 8.42 Å². The summed E-state index contributed by atoms with van der Waals surface area (Å²) in [5.74, 6) is 0. The molecule has 0 aromatic heterocycles. The van der Waals surface area contributed by atoms with E-state index >= 15 is 0 Å². The second kappa shape index (κ2) is 9.34. The Kier molecular flexibility index (Phi) is 6.62. The monoisotopic (exact) mass is 404 g/mol. The maximum Gasteiger partial charge on any atom is 0.264 e. The molecule has 4 nitrogen and oxygen atoms in total. The summed E-state index contributed by atoms with van der Waals surface area (Å²) in [5.41, 5.74) is 3.45. The van der Waals surface area contributed by atoms with Crippen LogP contribution in [0.1, 0.15) is 18.1 Å². The third-order valence-electron chi connectivity index (χ3n) is 4.52. The number of benzene rings is 3. The summed E-state index contributed by atoms with van der Waals surface area (Å²) < 4.78 is 27.7. The number of sulfonamides is 1. The van der Waals surface area contributed by atoms with E-state index in [1.165, 1.54) is 4.31 Å². The van der Waals surface area contributed by atoms with Crippen molar-refractivity contribution in [2.75, 3.05) is 10.8 Å².